The van der Waals surface area contributed by atoms with Gasteiger partial charge in [0, 0.05) is 32.7 Å². The summed E-state index contributed by atoms with van der Waals surface area (Å²) in [5.74, 6) is -3.38. The summed E-state index contributed by atoms with van der Waals surface area (Å²) in [6, 6.07) is 17.0. The van der Waals surface area contributed by atoms with Crippen LogP contribution in [-0.2, 0) is 38.4 Å². The summed E-state index contributed by atoms with van der Waals surface area (Å²) >= 11 is 0. The van der Waals surface area contributed by atoms with E-state index in [9.17, 15) is 33.6 Å². The first-order chi connectivity index (χ1) is 36.4. The van der Waals surface area contributed by atoms with Crippen LogP contribution in [0, 0.1) is 5.92 Å². The molecule has 2 rings (SSSR count). The minimum atomic E-state index is -0.690. The zero-order chi connectivity index (χ0) is 56.4. The van der Waals surface area contributed by atoms with Gasteiger partial charge in [-0.15, -0.1) is 6.58 Å². The summed E-state index contributed by atoms with van der Waals surface area (Å²) in [5, 5.41) is 3.18. The van der Waals surface area contributed by atoms with E-state index in [1.54, 1.807) is 13.8 Å². The molecule has 0 aliphatic carbocycles. The van der Waals surface area contributed by atoms with E-state index in [0.717, 1.165) is 24.8 Å². The molecule has 0 spiro atoms. The lowest BCUT2D eigenvalue weighted by Gasteiger charge is -2.36. The average molecular weight is 1060 g/mol. The number of nitrogens with zero attached hydrogens (tertiary/aromatic N) is 7. The molecule has 0 saturated heterocycles. The molecule has 0 radical (unpaired) electrons. The van der Waals surface area contributed by atoms with Crippen LogP contribution in [-0.4, -0.2) is 193 Å². The Bertz CT molecular complexity index is 2080. The number of nitrogens with one attached hydrogen (secondary N) is 1. The molecule has 0 fully saturated rings. The molecular formula is C57H93N11O8. The third-order valence-electron chi connectivity index (χ3n) is 13.0. The van der Waals surface area contributed by atoms with E-state index in [4.69, 9.17) is 17.2 Å². The number of hydrogen-bond donors (Lipinski definition) is 4. The average Bonchev–Trinajstić information content (AvgIpc) is 3.40. The Morgan fingerprint density at radius 2 is 0.895 bits per heavy atom. The van der Waals surface area contributed by atoms with E-state index in [1.165, 1.54) is 47.3 Å². The molecule has 0 heterocycles. The van der Waals surface area contributed by atoms with Gasteiger partial charge in [-0.3, -0.25) is 38.4 Å². The molecule has 0 aliphatic rings. The van der Waals surface area contributed by atoms with Crippen molar-refractivity contribution >= 4 is 47.1 Å². The van der Waals surface area contributed by atoms with Gasteiger partial charge in [0.05, 0.1) is 44.8 Å². The first-order valence-corrected chi connectivity index (χ1v) is 27.4. The van der Waals surface area contributed by atoms with Gasteiger partial charge >= 0.3 is 0 Å². The van der Waals surface area contributed by atoms with Gasteiger partial charge in [0.2, 0.25) is 41.4 Å². The molecule has 0 saturated carbocycles. The maximum Gasteiger partial charge on any atom is 0.243 e. The molecule has 2 aromatic carbocycles. The van der Waals surface area contributed by atoms with Crippen LogP contribution in [0.5, 0.6) is 0 Å². The summed E-state index contributed by atoms with van der Waals surface area (Å²) in [4.78, 5) is 123. The van der Waals surface area contributed by atoms with Crippen molar-refractivity contribution in [3.05, 3.63) is 84.4 Å². The predicted octanol–water partition coefficient (Wildman–Crippen LogP) is 3.74. The number of hydrogen-bond acceptors (Lipinski definition) is 12. The third-order valence-corrected chi connectivity index (χ3v) is 13.0. The maximum atomic E-state index is 15.1. The predicted molar refractivity (Wildman–Crippen MR) is 299 cm³/mol. The number of carbonyl (C=O) groups excluding carboxylic acids is 8. The van der Waals surface area contributed by atoms with Gasteiger partial charge in [-0.1, -0.05) is 100 Å². The number of ketones is 1. The SMILES string of the molecule is C=CCN(CC(=O)N(CCCCN)CC(=O)N(CC(=O)N(CC(=O)N(CCCCN)CC(=O)N(CC(C)=O)CC(C)C)C(C)c1ccccc1)C(C)c1ccccc1)C(=O)CN(CCCCN)C(=O)CNCCCCC. The second-order valence-corrected chi connectivity index (χ2v) is 20.0. The molecule has 76 heavy (non-hydrogen) atoms. The fraction of sp³-hybridized carbons (Fsp3) is 0.614. The number of nitrogens with two attached hydrogens (primary N) is 3. The highest BCUT2D eigenvalue weighted by Gasteiger charge is 2.34. The van der Waals surface area contributed by atoms with Gasteiger partial charge in [-0.2, -0.15) is 0 Å². The summed E-state index contributed by atoms with van der Waals surface area (Å²) < 4.78 is 0. The zero-order valence-corrected chi connectivity index (χ0v) is 46.8. The summed E-state index contributed by atoms with van der Waals surface area (Å²) in [6.07, 6.45) is 7.82. The van der Waals surface area contributed by atoms with Gasteiger partial charge in [0.1, 0.15) is 25.4 Å². The molecule has 424 valence electrons. The molecule has 2 unspecified atom stereocenters. The largest absolute Gasteiger partial charge is 0.334 e. The van der Waals surface area contributed by atoms with Gasteiger partial charge in [-0.25, -0.2) is 0 Å². The summed E-state index contributed by atoms with van der Waals surface area (Å²) in [6.45, 7) is 15.1. The Kier molecular flexibility index (Phi) is 32.8. The van der Waals surface area contributed by atoms with Gasteiger partial charge < -0.3 is 56.8 Å². The monoisotopic (exact) mass is 1060 g/mol. The number of amides is 7. The van der Waals surface area contributed by atoms with Crippen molar-refractivity contribution in [1.29, 1.82) is 0 Å². The summed E-state index contributed by atoms with van der Waals surface area (Å²) in [7, 11) is 0. The first-order valence-electron chi connectivity index (χ1n) is 27.4. The number of Topliss-reactive ketones (excluding diaryl/α,β-unsaturated/α-hetero) is 1. The van der Waals surface area contributed by atoms with Crippen LogP contribution >= 0.6 is 0 Å². The molecule has 2 atom stereocenters. The Morgan fingerprint density at radius 3 is 1.33 bits per heavy atom. The fourth-order valence-corrected chi connectivity index (χ4v) is 8.63. The second-order valence-electron chi connectivity index (χ2n) is 20.0. The number of unbranched alkanes of at least 4 members (excludes halogenated alkanes) is 5. The van der Waals surface area contributed by atoms with E-state index in [2.05, 4.69) is 18.8 Å². The van der Waals surface area contributed by atoms with Crippen molar-refractivity contribution in [1.82, 2.24) is 39.6 Å². The van der Waals surface area contributed by atoms with Crippen LogP contribution in [0.1, 0.15) is 123 Å². The molecule has 0 aliphatic heterocycles. The van der Waals surface area contributed by atoms with E-state index in [0.29, 0.717) is 83.4 Å². The smallest absolute Gasteiger partial charge is 0.243 e. The number of benzene rings is 2. The highest BCUT2D eigenvalue weighted by Crippen LogP contribution is 2.25. The van der Waals surface area contributed by atoms with Crippen LogP contribution in [0.25, 0.3) is 0 Å². The molecule has 7 amide bonds. The Hall–Kier alpha value is -6.02. The van der Waals surface area contributed by atoms with Gasteiger partial charge in [-0.05, 0) is 109 Å². The maximum absolute atomic E-state index is 15.1. The lowest BCUT2D eigenvalue weighted by atomic mass is 10.1. The van der Waals surface area contributed by atoms with Crippen molar-refractivity contribution in [2.45, 2.75) is 111 Å². The Morgan fingerprint density at radius 1 is 0.500 bits per heavy atom. The van der Waals surface area contributed by atoms with Crippen LogP contribution < -0.4 is 22.5 Å². The number of carbonyl (C=O) groups is 8. The van der Waals surface area contributed by atoms with Crippen LogP contribution in [0.2, 0.25) is 0 Å². The number of rotatable bonds is 40. The quantitative estimate of drug-likeness (QED) is 0.0551. The molecule has 19 nitrogen and oxygen atoms in total. The van der Waals surface area contributed by atoms with Gasteiger partial charge in [0.15, 0.2) is 0 Å². The van der Waals surface area contributed by atoms with Crippen LogP contribution in [0.3, 0.4) is 0 Å². The molecule has 0 bridgehead atoms. The lowest BCUT2D eigenvalue weighted by Crippen LogP contribution is -2.53. The van der Waals surface area contributed by atoms with Crippen molar-refractivity contribution in [3.63, 3.8) is 0 Å². The van der Waals surface area contributed by atoms with Crippen molar-refractivity contribution in [3.8, 4) is 0 Å². The highest BCUT2D eigenvalue weighted by atomic mass is 16.2. The van der Waals surface area contributed by atoms with Crippen molar-refractivity contribution < 1.29 is 38.4 Å². The molecule has 0 aromatic heterocycles. The standard InChI is InChI=1S/C57H93N11O8/c1-8-10-20-31-61-36-51(70)63(33-21-17-28-58)40-52(71)62(32-9-2)39-53(72)65(35-23-19-30-60)42-56(75)68(48(7)50-26-15-12-16-27-50)44-57(76)67(47(6)49-24-13-11-14-25-49)43-55(74)64(34-22-18-29-59)41-54(73)66(37-45(3)4)38-46(5)69/h9,11-16,24-27,45,47-48,61H,2,8,10,17-23,28-44,58-60H2,1,3-7H3. The highest BCUT2D eigenvalue weighted by molar-refractivity contribution is 5.93. The molecule has 7 N–H and O–H groups in total. The lowest BCUT2D eigenvalue weighted by molar-refractivity contribution is -0.150. The Labute approximate surface area is 453 Å². The van der Waals surface area contributed by atoms with E-state index in [1.807, 2.05) is 74.5 Å². The normalized spacial score (nSPS) is 11.8. The van der Waals surface area contributed by atoms with Crippen LogP contribution in [0.4, 0.5) is 0 Å². The topological polar surface area (TPSA) is 249 Å². The zero-order valence-electron chi connectivity index (χ0n) is 46.8. The van der Waals surface area contributed by atoms with E-state index in [-0.39, 0.29) is 63.4 Å². The Balaban J connectivity index is 2.58. The van der Waals surface area contributed by atoms with Crippen molar-refractivity contribution in [2.75, 3.05) is 111 Å². The van der Waals surface area contributed by atoms with Gasteiger partial charge in [0.25, 0.3) is 0 Å². The van der Waals surface area contributed by atoms with E-state index < -0.39 is 73.7 Å². The molecular weight excluding hydrogens is 967 g/mol. The summed E-state index contributed by atoms with van der Waals surface area (Å²) in [5.41, 5.74) is 18.9. The third kappa shape index (κ3) is 24.8. The molecule has 19 heteroatoms. The van der Waals surface area contributed by atoms with Crippen LogP contribution in [0.15, 0.2) is 73.3 Å². The second kappa shape index (κ2) is 37.7. The minimum Gasteiger partial charge on any atom is -0.334 e. The van der Waals surface area contributed by atoms with Crippen molar-refractivity contribution in [2.24, 2.45) is 23.1 Å². The molecule has 2 aromatic rings. The minimum absolute atomic E-state index is 0.00229. The van der Waals surface area contributed by atoms with E-state index >= 15 is 4.79 Å². The first kappa shape index (κ1) is 66.1. The fourth-order valence-electron chi connectivity index (χ4n) is 8.63.